The zero-order valence-corrected chi connectivity index (χ0v) is 13.1. The van der Waals surface area contributed by atoms with Gasteiger partial charge < -0.3 is 10.4 Å². The van der Waals surface area contributed by atoms with Gasteiger partial charge in [-0.15, -0.1) is 0 Å². The van der Waals surface area contributed by atoms with E-state index >= 15 is 0 Å². The molecule has 0 saturated heterocycles. The van der Waals surface area contributed by atoms with E-state index in [2.05, 4.69) is 0 Å². The van der Waals surface area contributed by atoms with E-state index in [1.165, 1.54) is 0 Å². The summed E-state index contributed by atoms with van der Waals surface area (Å²) < 4.78 is 0. The van der Waals surface area contributed by atoms with Crippen molar-refractivity contribution in [1.29, 1.82) is 0 Å². The number of nitrogens with zero attached hydrogens (tertiary/aromatic N) is 2. The first kappa shape index (κ1) is 17.3. The van der Waals surface area contributed by atoms with Crippen LogP contribution in [0.4, 0.5) is 0 Å². The first-order valence-corrected chi connectivity index (χ1v) is 7.63. The lowest BCUT2D eigenvalue weighted by Crippen LogP contribution is -2.23. The van der Waals surface area contributed by atoms with Gasteiger partial charge >= 0.3 is 0 Å². The molecule has 2 rings (SSSR count). The molecule has 124 valence electrons. The van der Waals surface area contributed by atoms with Gasteiger partial charge in [-0.2, -0.15) is 0 Å². The number of carbonyl (C=O) groups excluding carboxylic acids is 2. The molecule has 0 aromatic heterocycles. The number of hydrogen-bond donors (Lipinski definition) is 0. The Labute approximate surface area is 139 Å². The van der Waals surface area contributed by atoms with Crippen molar-refractivity contribution in [3.8, 4) is 0 Å². The smallest absolute Gasteiger partial charge is 0.227 e. The van der Waals surface area contributed by atoms with Crippen LogP contribution in [0.15, 0.2) is 60.7 Å². The first-order chi connectivity index (χ1) is 11.6. The average Bonchev–Trinajstić information content (AvgIpc) is 2.64. The van der Waals surface area contributed by atoms with Crippen LogP contribution in [0.2, 0.25) is 0 Å². The second-order valence-corrected chi connectivity index (χ2v) is 5.23. The summed E-state index contributed by atoms with van der Waals surface area (Å²) in [7, 11) is 0. The minimum absolute atomic E-state index is 0.0567. The van der Waals surface area contributed by atoms with E-state index in [0.717, 1.165) is 0 Å². The summed E-state index contributed by atoms with van der Waals surface area (Å²) >= 11 is 0. The summed E-state index contributed by atoms with van der Waals surface area (Å²) in [6, 6.07) is 17.1. The molecule has 0 radical (unpaired) electrons. The summed E-state index contributed by atoms with van der Waals surface area (Å²) in [4.78, 5) is 24.1. The fourth-order valence-corrected chi connectivity index (χ4v) is 2.15. The number of hydrogen-bond acceptors (Lipinski definition) is 4. The highest BCUT2D eigenvalue weighted by Gasteiger charge is 2.15. The molecule has 0 spiro atoms. The lowest BCUT2D eigenvalue weighted by Gasteiger charge is -2.04. The quantitative estimate of drug-likeness (QED) is 0.323. The fourth-order valence-electron chi connectivity index (χ4n) is 2.15. The Hall–Kier alpha value is -3.02. The molecular formula is C18H18N2O4. The van der Waals surface area contributed by atoms with Gasteiger partial charge in [0.15, 0.2) is 11.6 Å². The van der Waals surface area contributed by atoms with Gasteiger partial charge in [-0.05, 0) is 0 Å². The maximum absolute atomic E-state index is 11.9. The summed E-state index contributed by atoms with van der Waals surface area (Å²) in [5, 5.41) is 23.4. The Kier molecular flexibility index (Phi) is 6.19. The lowest BCUT2D eigenvalue weighted by molar-refractivity contribution is -0.969. The van der Waals surface area contributed by atoms with Crippen LogP contribution < -0.4 is 0 Å². The van der Waals surface area contributed by atoms with Crippen LogP contribution in [0.5, 0.6) is 0 Å². The maximum atomic E-state index is 11.9. The molecule has 0 atom stereocenters. The second kappa shape index (κ2) is 8.57. The van der Waals surface area contributed by atoms with Crippen LogP contribution in [0.25, 0.3) is 0 Å². The van der Waals surface area contributed by atoms with Crippen molar-refractivity contribution in [3.63, 3.8) is 0 Å². The molecule has 0 amide bonds. The van der Waals surface area contributed by atoms with Gasteiger partial charge in [0, 0.05) is 20.8 Å². The molecule has 6 nitrogen and oxygen atoms in total. The summed E-state index contributed by atoms with van der Waals surface area (Å²) in [5.41, 5.74) is 1.00. The predicted molar refractivity (Wildman–Crippen MR) is 87.8 cm³/mol. The molecule has 0 fully saturated rings. The minimum Gasteiger partial charge on any atom is -0.567 e. The lowest BCUT2D eigenvalue weighted by atomic mass is 10.1. The fraction of sp³-hybridized carbons (Fsp3) is 0.222. The predicted octanol–water partition coefficient (Wildman–Crippen LogP) is 3.01. The molecule has 6 heteroatoms. The maximum Gasteiger partial charge on any atom is 0.227 e. The number of carbonyl (C=O) groups is 2. The van der Waals surface area contributed by atoms with Gasteiger partial charge in [-0.25, -0.2) is 0 Å². The standard InChI is InChI=1S/C18H18N2O4/c21-17(15-7-3-1-4-8-15)11-13-19(23)20(24)14-12-18(22)16-9-5-2-6-10-16/h1-10H,11-14H2/b20-19+. The highest BCUT2D eigenvalue weighted by molar-refractivity contribution is 5.96. The van der Waals surface area contributed by atoms with E-state index < -0.39 is 0 Å². The average molecular weight is 326 g/mol. The molecule has 0 aliphatic rings. The van der Waals surface area contributed by atoms with Crippen LogP contribution in [-0.4, -0.2) is 34.4 Å². The molecule has 0 saturated carbocycles. The summed E-state index contributed by atoms with van der Waals surface area (Å²) in [5.74, 6) is -0.407. The second-order valence-electron chi connectivity index (χ2n) is 5.23. The van der Waals surface area contributed by atoms with E-state index in [1.807, 2.05) is 0 Å². The molecule has 2 aromatic rings. The Balaban J connectivity index is 1.84. The minimum atomic E-state index is -0.239. The zero-order chi connectivity index (χ0) is 17.4. The topological polar surface area (TPSA) is 86.3 Å². The molecule has 0 aliphatic carbocycles. The SMILES string of the molecule is O=C(CC/[N+]([O-])=[N+](\[O-])CCC(=O)c1ccccc1)c1ccccc1. The normalized spacial score (nSPS) is 11.7. The Morgan fingerprint density at radius 2 is 1.00 bits per heavy atom. The van der Waals surface area contributed by atoms with Crippen molar-refractivity contribution < 1.29 is 19.3 Å². The van der Waals surface area contributed by atoms with Crippen molar-refractivity contribution >= 4 is 11.6 Å². The van der Waals surface area contributed by atoms with Crippen molar-refractivity contribution in [2.45, 2.75) is 12.8 Å². The van der Waals surface area contributed by atoms with Gasteiger partial charge in [0.2, 0.25) is 13.1 Å². The monoisotopic (exact) mass is 326 g/mol. The Morgan fingerprint density at radius 3 is 1.33 bits per heavy atom. The van der Waals surface area contributed by atoms with Gasteiger partial charge in [-0.3, -0.25) is 9.59 Å². The molecule has 0 heterocycles. The van der Waals surface area contributed by atoms with Gasteiger partial charge in [0.25, 0.3) is 0 Å². The summed E-state index contributed by atoms with van der Waals surface area (Å²) in [6.45, 7) is -0.479. The number of Topliss-reactive ketones (excluding diaryl/α,β-unsaturated/α-hetero) is 2. The summed E-state index contributed by atoms with van der Waals surface area (Å²) in [6.07, 6.45) is -0.113. The number of hydroxylamine groups is 2. The van der Waals surface area contributed by atoms with Gasteiger partial charge in [0.1, 0.15) is 0 Å². The van der Waals surface area contributed by atoms with Crippen molar-refractivity contribution in [2.24, 2.45) is 0 Å². The molecule has 0 bridgehead atoms. The highest BCUT2D eigenvalue weighted by atomic mass is 16.6. The zero-order valence-electron chi connectivity index (χ0n) is 13.1. The Bertz CT molecular complexity index is 664. The largest absolute Gasteiger partial charge is 0.567 e. The van der Waals surface area contributed by atoms with E-state index in [0.29, 0.717) is 11.1 Å². The number of ketones is 2. The number of azo groups is 1. The van der Waals surface area contributed by atoms with Crippen LogP contribution in [0.3, 0.4) is 0 Å². The molecule has 2 aromatic carbocycles. The third-order valence-corrected chi connectivity index (χ3v) is 3.50. The van der Waals surface area contributed by atoms with Gasteiger partial charge in [-0.1, -0.05) is 60.7 Å². The van der Waals surface area contributed by atoms with E-state index in [1.54, 1.807) is 60.7 Å². The molecular weight excluding hydrogens is 308 g/mol. The number of rotatable bonds is 8. The molecule has 0 N–H and O–H groups in total. The Morgan fingerprint density at radius 1 is 0.667 bits per heavy atom. The van der Waals surface area contributed by atoms with Gasteiger partial charge in [0.05, 0.1) is 12.8 Å². The van der Waals surface area contributed by atoms with E-state index in [4.69, 9.17) is 0 Å². The van der Waals surface area contributed by atoms with Crippen LogP contribution in [0, 0.1) is 10.4 Å². The van der Waals surface area contributed by atoms with Crippen LogP contribution >= 0.6 is 0 Å². The highest BCUT2D eigenvalue weighted by Crippen LogP contribution is 2.04. The van der Waals surface area contributed by atoms with Crippen molar-refractivity contribution in [1.82, 2.24) is 0 Å². The first-order valence-electron chi connectivity index (χ1n) is 7.63. The third kappa shape index (κ3) is 5.01. The number of benzene rings is 2. The van der Waals surface area contributed by atoms with Crippen LogP contribution in [0.1, 0.15) is 33.6 Å². The molecule has 24 heavy (non-hydrogen) atoms. The van der Waals surface area contributed by atoms with E-state index in [9.17, 15) is 20.0 Å². The molecule has 0 aliphatic heterocycles. The van der Waals surface area contributed by atoms with E-state index in [-0.39, 0.29) is 47.2 Å². The molecule has 0 unspecified atom stereocenters. The van der Waals surface area contributed by atoms with Crippen molar-refractivity contribution in [2.75, 3.05) is 13.1 Å². The van der Waals surface area contributed by atoms with Crippen LogP contribution in [-0.2, 0) is 0 Å². The van der Waals surface area contributed by atoms with Crippen molar-refractivity contribution in [3.05, 3.63) is 82.2 Å². The third-order valence-electron chi connectivity index (χ3n) is 3.50.